The molecule has 9 heteroatoms. The van der Waals surface area contributed by atoms with Crippen LogP contribution in [-0.2, 0) is 21.4 Å². The quantitative estimate of drug-likeness (QED) is 0.545. The summed E-state index contributed by atoms with van der Waals surface area (Å²) in [7, 11) is -3.86. The number of benzene rings is 2. The van der Waals surface area contributed by atoms with Crippen molar-refractivity contribution in [1.82, 2.24) is 0 Å². The lowest BCUT2D eigenvalue weighted by Crippen LogP contribution is -2.39. The molecule has 0 unspecified atom stereocenters. The standard InChI is InChI=1S/C21H20ClN3O4S/c1-2-25(16-7-4-3-5-8-16)30(28,29)18-10-11-19(22)20(13-18)23-21(27)15-24-12-6-9-17(26)14-24/h3-14H,2,15H2,1H3,(H-,23,26,27)/p+1. The summed E-state index contributed by atoms with van der Waals surface area (Å²) in [4.78, 5) is 12.4. The van der Waals surface area contributed by atoms with Crippen molar-refractivity contribution in [3.63, 3.8) is 0 Å². The summed E-state index contributed by atoms with van der Waals surface area (Å²) >= 11 is 6.18. The summed E-state index contributed by atoms with van der Waals surface area (Å²) in [5, 5.41) is 12.4. The number of aromatic nitrogens is 1. The zero-order chi connectivity index (χ0) is 21.7. The highest BCUT2D eigenvalue weighted by molar-refractivity contribution is 7.92. The van der Waals surface area contributed by atoms with Crippen LogP contribution in [0, 0.1) is 0 Å². The van der Waals surface area contributed by atoms with E-state index in [1.807, 2.05) is 6.07 Å². The Labute approximate surface area is 180 Å². The first-order chi connectivity index (χ1) is 14.3. The molecule has 3 rings (SSSR count). The summed E-state index contributed by atoms with van der Waals surface area (Å²) in [6.07, 6.45) is 3.03. The zero-order valence-electron chi connectivity index (χ0n) is 16.2. The lowest BCUT2D eigenvalue weighted by molar-refractivity contribution is -0.684. The van der Waals surface area contributed by atoms with Crippen LogP contribution in [0.3, 0.4) is 0 Å². The molecule has 7 nitrogen and oxygen atoms in total. The number of nitrogens with zero attached hydrogens (tertiary/aromatic N) is 2. The molecule has 0 spiro atoms. The molecule has 0 bridgehead atoms. The molecular weight excluding hydrogens is 426 g/mol. The molecular formula is C21H21ClN3O4S+. The minimum absolute atomic E-state index is 0.0120. The number of sulfonamides is 1. The van der Waals surface area contributed by atoms with E-state index in [9.17, 15) is 18.3 Å². The molecule has 1 amide bonds. The molecule has 0 radical (unpaired) electrons. The molecule has 156 valence electrons. The number of carbonyl (C=O) groups excluding carboxylic acids is 1. The number of para-hydroxylation sites is 1. The molecule has 0 aliphatic rings. The lowest BCUT2D eigenvalue weighted by atomic mass is 10.3. The van der Waals surface area contributed by atoms with Gasteiger partial charge in [0.2, 0.25) is 12.7 Å². The van der Waals surface area contributed by atoms with E-state index in [4.69, 9.17) is 11.6 Å². The van der Waals surface area contributed by atoms with Crippen molar-refractivity contribution >= 4 is 38.9 Å². The molecule has 30 heavy (non-hydrogen) atoms. The van der Waals surface area contributed by atoms with Crippen LogP contribution in [0.1, 0.15) is 6.92 Å². The number of amides is 1. The molecule has 1 aromatic heterocycles. The average Bonchev–Trinajstić information content (AvgIpc) is 2.70. The van der Waals surface area contributed by atoms with Gasteiger partial charge in [-0.15, -0.1) is 0 Å². The third-order valence-electron chi connectivity index (χ3n) is 4.30. The van der Waals surface area contributed by atoms with E-state index in [0.29, 0.717) is 5.69 Å². The summed E-state index contributed by atoms with van der Waals surface area (Å²) in [5.74, 6) is -0.394. The number of rotatable bonds is 7. The van der Waals surface area contributed by atoms with Gasteiger partial charge in [0.25, 0.3) is 15.9 Å². The number of hydrogen-bond acceptors (Lipinski definition) is 4. The van der Waals surface area contributed by atoms with E-state index in [-0.39, 0.29) is 34.4 Å². The zero-order valence-corrected chi connectivity index (χ0v) is 17.8. The van der Waals surface area contributed by atoms with E-state index in [1.54, 1.807) is 43.5 Å². The first-order valence-electron chi connectivity index (χ1n) is 9.16. The average molecular weight is 447 g/mol. The summed E-state index contributed by atoms with van der Waals surface area (Å²) in [5.41, 5.74) is 0.730. The molecule has 0 aliphatic carbocycles. The Morgan fingerprint density at radius 2 is 1.87 bits per heavy atom. The fourth-order valence-corrected chi connectivity index (χ4v) is 4.60. The van der Waals surface area contributed by atoms with Crippen molar-refractivity contribution in [2.45, 2.75) is 18.4 Å². The Kier molecular flexibility index (Phi) is 6.59. The Morgan fingerprint density at radius 1 is 1.13 bits per heavy atom. The van der Waals surface area contributed by atoms with E-state index in [1.165, 1.54) is 39.3 Å². The molecule has 2 aromatic carbocycles. The second-order valence-corrected chi connectivity index (χ2v) is 8.70. The van der Waals surface area contributed by atoms with Crippen molar-refractivity contribution < 1.29 is 22.9 Å². The number of nitrogens with one attached hydrogen (secondary N) is 1. The number of halogens is 1. The van der Waals surface area contributed by atoms with Gasteiger partial charge in [0, 0.05) is 12.6 Å². The number of anilines is 2. The van der Waals surface area contributed by atoms with Crippen molar-refractivity contribution in [2.75, 3.05) is 16.2 Å². The van der Waals surface area contributed by atoms with Crippen LogP contribution in [0.25, 0.3) is 0 Å². The Morgan fingerprint density at radius 3 is 2.53 bits per heavy atom. The Bertz CT molecular complexity index is 1150. The number of carbonyl (C=O) groups is 1. The van der Waals surface area contributed by atoms with Gasteiger partial charge in [-0.1, -0.05) is 29.8 Å². The predicted molar refractivity (Wildman–Crippen MR) is 115 cm³/mol. The van der Waals surface area contributed by atoms with E-state index in [0.717, 1.165) is 0 Å². The van der Waals surface area contributed by atoms with Crippen molar-refractivity contribution in [3.8, 4) is 5.75 Å². The van der Waals surface area contributed by atoms with Crippen LogP contribution in [0.4, 0.5) is 11.4 Å². The molecule has 0 saturated heterocycles. The van der Waals surface area contributed by atoms with Gasteiger partial charge in [-0.05, 0) is 43.3 Å². The lowest BCUT2D eigenvalue weighted by Gasteiger charge is -2.23. The largest absolute Gasteiger partial charge is 0.503 e. The van der Waals surface area contributed by atoms with Crippen LogP contribution in [0.5, 0.6) is 5.75 Å². The summed E-state index contributed by atoms with van der Waals surface area (Å²) < 4.78 is 29.1. The van der Waals surface area contributed by atoms with Crippen LogP contribution in [-0.4, -0.2) is 26.0 Å². The first kappa shape index (κ1) is 21.6. The highest BCUT2D eigenvalue weighted by Gasteiger charge is 2.25. The summed E-state index contributed by atoms with van der Waals surface area (Å²) in [6, 6.07) is 16.0. The van der Waals surface area contributed by atoms with Crippen LogP contribution in [0.2, 0.25) is 5.02 Å². The van der Waals surface area contributed by atoms with Gasteiger partial charge in [0.15, 0.2) is 11.9 Å². The molecule has 3 aromatic rings. The van der Waals surface area contributed by atoms with Crippen molar-refractivity contribution in [2.24, 2.45) is 0 Å². The number of hydrogen-bond donors (Lipinski definition) is 2. The molecule has 0 aliphatic heterocycles. The second kappa shape index (κ2) is 9.15. The molecule has 2 N–H and O–H groups in total. The molecule has 1 heterocycles. The molecule has 0 fully saturated rings. The van der Waals surface area contributed by atoms with Gasteiger partial charge >= 0.3 is 0 Å². The Hall–Kier alpha value is -3.10. The van der Waals surface area contributed by atoms with Gasteiger partial charge < -0.3 is 10.4 Å². The fraction of sp³-hybridized carbons (Fsp3) is 0.143. The highest BCUT2D eigenvalue weighted by Crippen LogP contribution is 2.29. The molecule has 0 atom stereocenters. The SMILES string of the molecule is CCN(c1ccccc1)S(=O)(=O)c1ccc(Cl)c(NC(=O)C[n+]2cccc(O)c2)c1. The maximum Gasteiger partial charge on any atom is 0.290 e. The maximum absolute atomic E-state index is 13.2. The third-order valence-corrected chi connectivity index (χ3v) is 6.53. The minimum Gasteiger partial charge on any atom is -0.503 e. The number of pyridine rings is 1. The smallest absolute Gasteiger partial charge is 0.290 e. The van der Waals surface area contributed by atoms with Crippen molar-refractivity contribution in [3.05, 3.63) is 78.1 Å². The van der Waals surface area contributed by atoms with E-state index >= 15 is 0 Å². The van der Waals surface area contributed by atoms with E-state index in [2.05, 4.69) is 5.32 Å². The van der Waals surface area contributed by atoms with Gasteiger partial charge in [-0.2, -0.15) is 4.57 Å². The summed E-state index contributed by atoms with van der Waals surface area (Å²) in [6.45, 7) is 1.91. The monoisotopic (exact) mass is 446 g/mol. The van der Waals surface area contributed by atoms with E-state index < -0.39 is 15.9 Å². The van der Waals surface area contributed by atoms with Gasteiger partial charge in [0.1, 0.15) is 0 Å². The van der Waals surface area contributed by atoms with Crippen molar-refractivity contribution in [1.29, 1.82) is 0 Å². The topological polar surface area (TPSA) is 90.6 Å². The highest BCUT2D eigenvalue weighted by atomic mass is 35.5. The van der Waals surface area contributed by atoms with Crippen LogP contribution in [0.15, 0.2) is 78.0 Å². The second-order valence-electron chi connectivity index (χ2n) is 6.43. The van der Waals surface area contributed by atoms with Crippen LogP contribution >= 0.6 is 11.6 Å². The minimum atomic E-state index is -3.86. The van der Waals surface area contributed by atoms with Gasteiger partial charge in [-0.3, -0.25) is 9.10 Å². The van der Waals surface area contributed by atoms with Crippen LogP contribution < -0.4 is 14.2 Å². The predicted octanol–water partition coefficient (Wildman–Crippen LogP) is 3.19. The van der Waals surface area contributed by atoms with Gasteiger partial charge in [0.05, 0.1) is 21.3 Å². The van der Waals surface area contributed by atoms with Gasteiger partial charge in [-0.25, -0.2) is 8.42 Å². The molecule has 0 saturated carbocycles. The fourth-order valence-electron chi connectivity index (χ4n) is 2.94. The Balaban J connectivity index is 1.86. The third kappa shape index (κ3) is 4.90. The number of aromatic hydroxyl groups is 1. The first-order valence-corrected chi connectivity index (χ1v) is 11.0. The maximum atomic E-state index is 13.2. The normalized spacial score (nSPS) is 11.1.